The van der Waals surface area contributed by atoms with Crippen molar-refractivity contribution in [3.63, 3.8) is 0 Å². The molecule has 1 heterocycles. The topological polar surface area (TPSA) is 61.4 Å². The van der Waals surface area contributed by atoms with E-state index in [0.717, 1.165) is 19.6 Å². The molecular formula is C23H29N3O2S2. The van der Waals surface area contributed by atoms with Gasteiger partial charge in [0.2, 0.25) is 0 Å². The van der Waals surface area contributed by atoms with Crippen molar-refractivity contribution in [2.45, 2.75) is 18.4 Å². The molecule has 1 saturated heterocycles. The SMILES string of the molecule is CCN(CC)CCNC(=O)c1ccc(NC(=O)c2ccc(C3SCCS3)cc2)cc1. The summed E-state index contributed by atoms with van der Waals surface area (Å²) < 4.78 is 0.479. The van der Waals surface area contributed by atoms with Gasteiger partial charge in [-0.05, 0) is 55.1 Å². The largest absolute Gasteiger partial charge is 0.351 e. The molecule has 2 amide bonds. The van der Waals surface area contributed by atoms with E-state index in [-0.39, 0.29) is 11.8 Å². The molecule has 1 fully saturated rings. The highest BCUT2D eigenvalue weighted by Gasteiger charge is 2.18. The second kappa shape index (κ2) is 11.4. The highest BCUT2D eigenvalue weighted by Crippen LogP contribution is 2.45. The van der Waals surface area contributed by atoms with Gasteiger partial charge in [-0.15, -0.1) is 23.5 Å². The molecule has 2 aromatic rings. The molecule has 1 aliphatic heterocycles. The Morgan fingerprint density at radius 3 is 2.07 bits per heavy atom. The normalized spacial score (nSPS) is 14.1. The van der Waals surface area contributed by atoms with Gasteiger partial charge >= 0.3 is 0 Å². The quantitative estimate of drug-likeness (QED) is 0.598. The van der Waals surface area contributed by atoms with Gasteiger partial charge in [0.25, 0.3) is 11.8 Å². The van der Waals surface area contributed by atoms with Crippen LogP contribution in [0.1, 0.15) is 44.7 Å². The average Bonchev–Trinajstić information content (AvgIpc) is 3.32. The number of thioether (sulfide) groups is 2. The van der Waals surface area contributed by atoms with Crippen LogP contribution in [0, 0.1) is 0 Å². The van der Waals surface area contributed by atoms with Crippen LogP contribution in [0.15, 0.2) is 48.5 Å². The zero-order valence-electron chi connectivity index (χ0n) is 17.5. The number of rotatable bonds is 9. The molecule has 0 unspecified atom stereocenters. The summed E-state index contributed by atoms with van der Waals surface area (Å²) in [6, 6.07) is 14.8. The number of nitrogens with one attached hydrogen (secondary N) is 2. The number of hydrogen-bond acceptors (Lipinski definition) is 5. The second-order valence-electron chi connectivity index (χ2n) is 7.01. The van der Waals surface area contributed by atoms with Crippen molar-refractivity contribution in [2.75, 3.05) is 43.0 Å². The molecule has 0 bridgehead atoms. The van der Waals surface area contributed by atoms with Gasteiger partial charge in [0.1, 0.15) is 0 Å². The van der Waals surface area contributed by atoms with Crippen LogP contribution in [0.4, 0.5) is 5.69 Å². The van der Waals surface area contributed by atoms with E-state index in [1.54, 1.807) is 24.3 Å². The first-order valence-electron chi connectivity index (χ1n) is 10.4. The Hall–Kier alpha value is -1.96. The molecule has 0 radical (unpaired) electrons. The van der Waals surface area contributed by atoms with Crippen LogP contribution in [0.5, 0.6) is 0 Å². The lowest BCUT2D eigenvalue weighted by Crippen LogP contribution is -2.34. The van der Waals surface area contributed by atoms with E-state index >= 15 is 0 Å². The predicted molar refractivity (Wildman–Crippen MR) is 129 cm³/mol. The Kier molecular flexibility index (Phi) is 8.66. The van der Waals surface area contributed by atoms with E-state index in [1.165, 1.54) is 17.1 Å². The van der Waals surface area contributed by atoms with Gasteiger partial charge in [-0.2, -0.15) is 0 Å². The average molecular weight is 444 g/mol. The Labute approximate surface area is 187 Å². The predicted octanol–water partition coefficient (Wildman–Crippen LogP) is 4.49. The number of hydrogen-bond donors (Lipinski definition) is 2. The number of anilines is 1. The number of nitrogens with zero attached hydrogens (tertiary/aromatic N) is 1. The fraction of sp³-hybridized carbons (Fsp3) is 0.391. The van der Waals surface area contributed by atoms with Crippen LogP contribution in [-0.2, 0) is 0 Å². The molecule has 160 valence electrons. The summed E-state index contributed by atoms with van der Waals surface area (Å²) in [6.45, 7) is 7.63. The number of benzene rings is 2. The molecule has 1 aliphatic rings. The molecule has 0 atom stereocenters. The highest BCUT2D eigenvalue weighted by molar-refractivity contribution is 8.19. The molecule has 0 aliphatic carbocycles. The van der Waals surface area contributed by atoms with E-state index in [2.05, 4.69) is 29.4 Å². The van der Waals surface area contributed by atoms with E-state index < -0.39 is 0 Å². The third-order valence-electron chi connectivity index (χ3n) is 5.08. The van der Waals surface area contributed by atoms with Crippen molar-refractivity contribution in [1.82, 2.24) is 10.2 Å². The Bertz CT molecular complexity index is 831. The van der Waals surface area contributed by atoms with Gasteiger partial charge in [0.05, 0.1) is 4.58 Å². The van der Waals surface area contributed by atoms with Crippen molar-refractivity contribution in [3.05, 3.63) is 65.2 Å². The number of carbonyl (C=O) groups excluding carboxylic acids is 2. The molecule has 7 heteroatoms. The molecule has 30 heavy (non-hydrogen) atoms. The summed E-state index contributed by atoms with van der Waals surface area (Å²) in [5.74, 6) is 2.12. The third-order valence-corrected chi connectivity index (χ3v) is 8.18. The lowest BCUT2D eigenvalue weighted by Gasteiger charge is -2.18. The Morgan fingerprint density at radius 2 is 1.47 bits per heavy atom. The zero-order chi connectivity index (χ0) is 21.3. The molecule has 2 aromatic carbocycles. The smallest absolute Gasteiger partial charge is 0.255 e. The lowest BCUT2D eigenvalue weighted by molar-refractivity contribution is 0.0948. The van der Waals surface area contributed by atoms with Gasteiger partial charge in [-0.3, -0.25) is 9.59 Å². The van der Waals surface area contributed by atoms with Gasteiger partial charge in [0, 0.05) is 41.4 Å². The summed E-state index contributed by atoms with van der Waals surface area (Å²) in [7, 11) is 0. The van der Waals surface area contributed by atoms with E-state index in [0.29, 0.717) is 27.9 Å². The van der Waals surface area contributed by atoms with Gasteiger partial charge in [-0.25, -0.2) is 0 Å². The van der Waals surface area contributed by atoms with Gasteiger partial charge < -0.3 is 15.5 Å². The first-order chi connectivity index (χ1) is 14.6. The maximum atomic E-state index is 12.5. The number of amides is 2. The van der Waals surface area contributed by atoms with Crippen LogP contribution in [0.3, 0.4) is 0 Å². The molecule has 0 spiro atoms. The second-order valence-corrected chi connectivity index (χ2v) is 9.73. The number of likely N-dealkylation sites (N-methyl/N-ethyl adjacent to an activating group) is 1. The van der Waals surface area contributed by atoms with Crippen LogP contribution in [0.2, 0.25) is 0 Å². The van der Waals surface area contributed by atoms with Gasteiger partial charge in [-0.1, -0.05) is 26.0 Å². The minimum atomic E-state index is -0.148. The van der Waals surface area contributed by atoms with E-state index in [4.69, 9.17) is 0 Å². The Morgan fingerprint density at radius 1 is 0.900 bits per heavy atom. The third kappa shape index (κ3) is 6.27. The van der Waals surface area contributed by atoms with Crippen molar-refractivity contribution in [3.8, 4) is 0 Å². The summed E-state index contributed by atoms with van der Waals surface area (Å²) in [6.07, 6.45) is 0. The van der Waals surface area contributed by atoms with Crippen molar-refractivity contribution in [2.24, 2.45) is 0 Å². The minimum Gasteiger partial charge on any atom is -0.351 e. The fourth-order valence-corrected chi connectivity index (χ4v) is 6.08. The summed E-state index contributed by atoms with van der Waals surface area (Å²) in [5.41, 5.74) is 3.15. The monoisotopic (exact) mass is 443 g/mol. The fourth-order valence-electron chi connectivity index (χ4n) is 3.22. The summed E-state index contributed by atoms with van der Waals surface area (Å²) in [4.78, 5) is 27.1. The molecule has 5 nitrogen and oxygen atoms in total. The molecule has 0 saturated carbocycles. The van der Waals surface area contributed by atoms with Crippen molar-refractivity contribution >= 4 is 41.0 Å². The first kappa shape index (κ1) is 22.7. The summed E-state index contributed by atoms with van der Waals surface area (Å²) >= 11 is 3.90. The van der Waals surface area contributed by atoms with Crippen LogP contribution in [-0.4, -0.2) is 54.4 Å². The van der Waals surface area contributed by atoms with E-state index in [9.17, 15) is 9.59 Å². The van der Waals surface area contributed by atoms with E-state index in [1.807, 2.05) is 47.8 Å². The lowest BCUT2D eigenvalue weighted by atomic mass is 10.1. The van der Waals surface area contributed by atoms with Crippen LogP contribution in [0.25, 0.3) is 0 Å². The number of carbonyl (C=O) groups is 2. The van der Waals surface area contributed by atoms with Crippen molar-refractivity contribution in [1.29, 1.82) is 0 Å². The van der Waals surface area contributed by atoms with Crippen LogP contribution >= 0.6 is 23.5 Å². The Balaban J connectivity index is 1.51. The maximum Gasteiger partial charge on any atom is 0.255 e. The molecule has 2 N–H and O–H groups in total. The van der Waals surface area contributed by atoms with Gasteiger partial charge in [0.15, 0.2) is 0 Å². The first-order valence-corrected chi connectivity index (χ1v) is 12.5. The summed E-state index contributed by atoms with van der Waals surface area (Å²) in [5, 5.41) is 5.84. The van der Waals surface area contributed by atoms with Crippen molar-refractivity contribution < 1.29 is 9.59 Å². The molecule has 3 rings (SSSR count). The van der Waals surface area contributed by atoms with Crippen LogP contribution < -0.4 is 10.6 Å². The molecular weight excluding hydrogens is 414 g/mol. The minimum absolute atomic E-state index is 0.0988. The zero-order valence-corrected chi connectivity index (χ0v) is 19.2. The standard InChI is InChI=1S/C23H29N3O2S2/c1-3-26(4-2)14-13-24-21(27)17-9-11-20(12-10-17)25-22(28)18-5-7-19(8-6-18)23-29-15-16-30-23/h5-12,23H,3-4,13-16H2,1-2H3,(H,24,27)(H,25,28). The maximum absolute atomic E-state index is 12.5. The molecule has 0 aromatic heterocycles. The highest BCUT2D eigenvalue weighted by atomic mass is 32.2.